The van der Waals surface area contributed by atoms with Crippen LogP contribution in [-0.4, -0.2) is 0 Å². The fourth-order valence-corrected chi connectivity index (χ4v) is 2.36. The van der Waals surface area contributed by atoms with Crippen molar-refractivity contribution in [2.45, 2.75) is 65.2 Å². The summed E-state index contributed by atoms with van der Waals surface area (Å²) < 4.78 is 0. The second-order valence-corrected chi connectivity index (χ2v) is 5.02. The van der Waals surface area contributed by atoms with E-state index < -0.39 is 0 Å². The number of allylic oxidation sites excluding steroid dienone is 2. The molecule has 0 unspecified atom stereocenters. The smallest absolute Gasteiger partial charge is 0.0228 e. The molecular formula is C18H28. The molecule has 0 saturated carbocycles. The van der Waals surface area contributed by atoms with Gasteiger partial charge in [-0.3, -0.25) is 0 Å². The molecule has 0 radical (unpaired) electrons. The highest BCUT2D eigenvalue weighted by molar-refractivity contribution is 5.65. The van der Waals surface area contributed by atoms with Gasteiger partial charge in [0.15, 0.2) is 0 Å². The maximum atomic E-state index is 2.39. The van der Waals surface area contributed by atoms with Crippen molar-refractivity contribution < 1.29 is 0 Å². The molecule has 0 amide bonds. The third-order valence-corrected chi connectivity index (χ3v) is 3.39. The molecule has 1 rings (SSSR count). The Bertz CT molecular complexity index is 321. The summed E-state index contributed by atoms with van der Waals surface area (Å²) in [5.41, 5.74) is 2.95. The molecule has 0 aromatic heterocycles. The third kappa shape index (κ3) is 6.05. The molecule has 0 fully saturated rings. The van der Waals surface area contributed by atoms with Gasteiger partial charge in [-0.2, -0.15) is 0 Å². The average Bonchev–Trinajstić information content (AvgIpc) is 2.42. The number of benzene rings is 1. The minimum absolute atomic E-state index is 1.14. The molecule has 0 aliphatic heterocycles. The van der Waals surface area contributed by atoms with Crippen LogP contribution in [0.2, 0.25) is 0 Å². The van der Waals surface area contributed by atoms with E-state index in [1.54, 1.807) is 0 Å². The minimum atomic E-state index is 1.14. The van der Waals surface area contributed by atoms with E-state index in [2.05, 4.69) is 50.3 Å². The van der Waals surface area contributed by atoms with E-state index >= 15 is 0 Å². The van der Waals surface area contributed by atoms with Gasteiger partial charge in [-0.05, 0) is 30.4 Å². The minimum Gasteiger partial charge on any atom is -0.0810 e. The Morgan fingerprint density at radius 2 is 1.56 bits per heavy atom. The average molecular weight is 244 g/mol. The fourth-order valence-electron chi connectivity index (χ4n) is 2.36. The van der Waals surface area contributed by atoms with Gasteiger partial charge in [-0.15, -0.1) is 0 Å². The summed E-state index contributed by atoms with van der Waals surface area (Å²) >= 11 is 0. The van der Waals surface area contributed by atoms with Crippen LogP contribution in [-0.2, 0) is 0 Å². The third-order valence-electron chi connectivity index (χ3n) is 3.39. The zero-order valence-electron chi connectivity index (χ0n) is 12.1. The summed E-state index contributed by atoms with van der Waals surface area (Å²) in [5, 5.41) is 0. The Hall–Kier alpha value is -1.04. The SMILES string of the molecule is CCC=C(CCCCCCCC)c1ccccc1. The largest absolute Gasteiger partial charge is 0.0810 e. The van der Waals surface area contributed by atoms with Crippen molar-refractivity contribution in [1.29, 1.82) is 0 Å². The topological polar surface area (TPSA) is 0 Å². The van der Waals surface area contributed by atoms with Gasteiger partial charge < -0.3 is 0 Å². The molecule has 18 heavy (non-hydrogen) atoms. The highest BCUT2D eigenvalue weighted by atomic mass is 14.1. The van der Waals surface area contributed by atoms with E-state index in [-0.39, 0.29) is 0 Å². The Labute approximate surface area is 113 Å². The van der Waals surface area contributed by atoms with Crippen LogP contribution in [0.1, 0.15) is 70.8 Å². The molecule has 0 heterocycles. The van der Waals surface area contributed by atoms with Gasteiger partial charge >= 0.3 is 0 Å². The summed E-state index contributed by atoms with van der Waals surface area (Å²) in [6.45, 7) is 4.50. The second kappa shape index (κ2) is 9.94. The Balaban J connectivity index is 2.34. The summed E-state index contributed by atoms with van der Waals surface area (Å²) in [6, 6.07) is 10.8. The predicted octanol–water partition coefficient (Wildman–Crippen LogP) is 6.23. The molecule has 100 valence electrons. The van der Waals surface area contributed by atoms with Crippen molar-refractivity contribution in [2.24, 2.45) is 0 Å². The molecule has 0 N–H and O–H groups in total. The van der Waals surface area contributed by atoms with E-state index in [9.17, 15) is 0 Å². The highest BCUT2D eigenvalue weighted by Gasteiger charge is 2.00. The number of unbranched alkanes of at least 4 members (excludes halogenated alkanes) is 5. The standard InChI is InChI=1S/C18H28/c1-3-5-6-7-8-10-14-17(13-4-2)18-15-11-9-12-16-18/h9,11-13,15-16H,3-8,10,14H2,1-2H3. The van der Waals surface area contributed by atoms with E-state index in [1.165, 1.54) is 56.1 Å². The van der Waals surface area contributed by atoms with Gasteiger partial charge in [-0.25, -0.2) is 0 Å². The molecule has 0 saturated heterocycles. The summed E-state index contributed by atoms with van der Waals surface area (Å²) in [6.07, 6.45) is 13.0. The normalized spacial score (nSPS) is 11.8. The molecule has 0 spiro atoms. The van der Waals surface area contributed by atoms with Crippen molar-refractivity contribution in [1.82, 2.24) is 0 Å². The van der Waals surface area contributed by atoms with Crippen molar-refractivity contribution in [3.63, 3.8) is 0 Å². The van der Waals surface area contributed by atoms with Gasteiger partial charge in [0.2, 0.25) is 0 Å². The molecule has 1 aromatic rings. The van der Waals surface area contributed by atoms with E-state index in [0.29, 0.717) is 0 Å². The van der Waals surface area contributed by atoms with Gasteiger partial charge in [0.1, 0.15) is 0 Å². The van der Waals surface area contributed by atoms with Crippen molar-refractivity contribution >= 4 is 5.57 Å². The summed E-state index contributed by atoms with van der Waals surface area (Å²) in [5.74, 6) is 0. The Kier molecular flexibility index (Phi) is 8.29. The second-order valence-electron chi connectivity index (χ2n) is 5.02. The lowest BCUT2D eigenvalue weighted by Crippen LogP contribution is -1.86. The lowest BCUT2D eigenvalue weighted by molar-refractivity contribution is 0.613. The zero-order valence-corrected chi connectivity index (χ0v) is 12.1. The predicted molar refractivity (Wildman–Crippen MR) is 82.7 cm³/mol. The van der Waals surface area contributed by atoms with Crippen molar-refractivity contribution in [2.75, 3.05) is 0 Å². The van der Waals surface area contributed by atoms with Gasteiger partial charge in [0, 0.05) is 0 Å². The van der Waals surface area contributed by atoms with Gasteiger partial charge in [-0.1, -0.05) is 82.4 Å². The van der Waals surface area contributed by atoms with Crippen LogP contribution < -0.4 is 0 Å². The fraction of sp³-hybridized carbons (Fsp3) is 0.556. The van der Waals surface area contributed by atoms with Crippen LogP contribution in [0.5, 0.6) is 0 Å². The van der Waals surface area contributed by atoms with E-state index in [1.807, 2.05) is 0 Å². The number of hydrogen-bond donors (Lipinski definition) is 0. The first-order chi connectivity index (χ1) is 8.88. The first-order valence-corrected chi connectivity index (χ1v) is 7.63. The van der Waals surface area contributed by atoms with Gasteiger partial charge in [0.05, 0.1) is 0 Å². The maximum Gasteiger partial charge on any atom is -0.0228 e. The van der Waals surface area contributed by atoms with Crippen LogP contribution in [0.15, 0.2) is 36.4 Å². The van der Waals surface area contributed by atoms with Crippen molar-refractivity contribution in [3.05, 3.63) is 42.0 Å². The van der Waals surface area contributed by atoms with Crippen LogP contribution >= 0.6 is 0 Å². The maximum absolute atomic E-state index is 2.39. The van der Waals surface area contributed by atoms with Crippen LogP contribution in [0, 0.1) is 0 Å². The molecule has 0 atom stereocenters. The quantitative estimate of drug-likeness (QED) is 0.452. The van der Waals surface area contributed by atoms with E-state index in [4.69, 9.17) is 0 Å². The Morgan fingerprint density at radius 1 is 0.889 bits per heavy atom. The monoisotopic (exact) mass is 244 g/mol. The summed E-state index contributed by atoms with van der Waals surface area (Å²) in [4.78, 5) is 0. The lowest BCUT2D eigenvalue weighted by atomic mass is 9.98. The molecule has 0 aliphatic rings. The number of hydrogen-bond acceptors (Lipinski definition) is 0. The first-order valence-electron chi connectivity index (χ1n) is 7.63. The Morgan fingerprint density at radius 3 is 2.22 bits per heavy atom. The van der Waals surface area contributed by atoms with Crippen molar-refractivity contribution in [3.8, 4) is 0 Å². The van der Waals surface area contributed by atoms with Gasteiger partial charge in [0.25, 0.3) is 0 Å². The zero-order chi connectivity index (χ0) is 13.1. The molecule has 0 aliphatic carbocycles. The molecule has 1 aromatic carbocycles. The molecular weight excluding hydrogens is 216 g/mol. The van der Waals surface area contributed by atoms with E-state index in [0.717, 1.165) is 6.42 Å². The molecule has 0 nitrogen and oxygen atoms in total. The summed E-state index contributed by atoms with van der Waals surface area (Å²) in [7, 11) is 0. The lowest BCUT2D eigenvalue weighted by Gasteiger charge is -2.08. The van der Waals surface area contributed by atoms with Crippen LogP contribution in [0.25, 0.3) is 5.57 Å². The highest BCUT2D eigenvalue weighted by Crippen LogP contribution is 2.22. The first kappa shape index (κ1) is 15.0. The van der Waals surface area contributed by atoms with Crippen LogP contribution in [0.3, 0.4) is 0 Å². The number of rotatable bonds is 9. The molecule has 0 heteroatoms. The van der Waals surface area contributed by atoms with Crippen LogP contribution in [0.4, 0.5) is 0 Å². The molecule has 0 bridgehead atoms.